The lowest BCUT2D eigenvalue weighted by Crippen LogP contribution is -2.46. The monoisotopic (exact) mass is 295 g/mol. The average Bonchev–Trinajstić information content (AvgIpc) is 3.21. The van der Waals surface area contributed by atoms with Crippen LogP contribution in [0.2, 0.25) is 0 Å². The van der Waals surface area contributed by atoms with Crippen LogP contribution in [0.25, 0.3) is 0 Å². The van der Waals surface area contributed by atoms with E-state index in [-0.39, 0.29) is 0 Å². The van der Waals surface area contributed by atoms with Gasteiger partial charge in [-0.25, -0.2) is 0 Å². The fourth-order valence-electron chi connectivity index (χ4n) is 2.89. The molecule has 21 heavy (non-hydrogen) atoms. The second-order valence-electron chi connectivity index (χ2n) is 6.45. The molecule has 0 bridgehead atoms. The van der Waals surface area contributed by atoms with E-state index >= 15 is 0 Å². The Bertz CT molecular complexity index is 323. The van der Waals surface area contributed by atoms with Crippen LogP contribution >= 0.6 is 0 Å². The number of piperazine rings is 1. The Morgan fingerprint density at radius 2 is 1.81 bits per heavy atom. The molecular formula is C16H33N5. The number of rotatable bonds is 7. The summed E-state index contributed by atoms with van der Waals surface area (Å²) in [7, 11) is 1.86. The highest BCUT2D eigenvalue weighted by atomic mass is 15.3. The zero-order chi connectivity index (χ0) is 15.1. The summed E-state index contributed by atoms with van der Waals surface area (Å²) < 4.78 is 0. The molecule has 0 aromatic heterocycles. The van der Waals surface area contributed by atoms with Crippen LogP contribution in [0.3, 0.4) is 0 Å². The van der Waals surface area contributed by atoms with Gasteiger partial charge in [-0.3, -0.25) is 4.99 Å². The highest BCUT2D eigenvalue weighted by Crippen LogP contribution is 2.28. The molecule has 0 aromatic carbocycles. The highest BCUT2D eigenvalue weighted by molar-refractivity contribution is 5.80. The molecule has 1 aliphatic heterocycles. The van der Waals surface area contributed by atoms with E-state index in [1.54, 1.807) is 0 Å². The Morgan fingerprint density at radius 3 is 2.38 bits per heavy atom. The molecule has 2 unspecified atom stereocenters. The lowest BCUT2D eigenvalue weighted by molar-refractivity contribution is 0.136. The van der Waals surface area contributed by atoms with Crippen molar-refractivity contribution in [1.29, 1.82) is 0 Å². The fourth-order valence-corrected chi connectivity index (χ4v) is 2.89. The maximum Gasteiger partial charge on any atom is 0.191 e. The molecule has 122 valence electrons. The van der Waals surface area contributed by atoms with E-state index in [1.165, 1.54) is 58.5 Å². The molecule has 1 saturated heterocycles. The molecule has 0 spiro atoms. The standard InChI is InChI=1S/C16H33N5/c1-4-20-9-11-21(12-10-20)8-6-5-7-18-16(17-3)19-15-13-14(15)2/h14-15H,4-13H2,1-3H3,(H2,17,18,19). The van der Waals surface area contributed by atoms with Crippen LogP contribution in [0.15, 0.2) is 4.99 Å². The average molecular weight is 295 g/mol. The fraction of sp³-hybridized carbons (Fsp3) is 0.938. The van der Waals surface area contributed by atoms with E-state index in [0.717, 1.165) is 18.4 Å². The van der Waals surface area contributed by atoms with Crippen LogP contribution in [0, 0.1) is 5.92 Å². The van der Waals surface area contributed by atoms with E-state index in [0.29, 0.717) is 6.04 Å². The van der Waals surface area contributed by atoms with Gasteiger partial charge in [0.25, 0.3) is 0 Å². The maximum atomic E-state index is 4.29. The lowest BCUT2D eigenvalue weighted by atomic mass is 10.2. The molecule has 0 aromatic rings. The molecule has 1 saturated carbocycles. The third-order valence-corrected chi connectivity index (χ3v) is 4.76. The largest absolute Gasteiger partial charge is 0.356 e. The predicted molar refractivity (Wildman–Crippen MR) is 89.9 cm³/mol. The first-order chi connectivity index (χ1) is 10.2. The number of hydrogen-bond donors (Lipinski definition) is 2. The molecule has 1 aliphatic carbocycles. The molecule has 2 atom stereocenters. The number of guanidine groups is 1. The van der Waals surface area contributed by atoms with E-state index in [2.05, 4.69) is 39.3 Å². The van der Waals surface area contributed by atoms with Crippen molar-refractivity contribution >= 4 is 5.96 Å². The first-order valence-corrected chi connectivity index (χ1v) is 8.64. The summed E-state index contributed by atoms with van der Waals surface area (Å²) in [6, 6.07) is 0.645. The van der Waals surface area contributed by atoms with Crippen LogP contribution in [-0.2, 0) is 0 Å². The molecule has 2 aliphatic rings. The van der Waals surface area contributed by atoms with Crippen molar-refractivity contribution < 1.29 is 0 Å². The van der Waals surface area contributed by atoms with Crippen molar-refractivity contribution in [1.82, 2.24) is 20.4 Å². The van der Waals surface area contributed by atoms with Gasteiger partial charge in [-0.15, -0.1) is 0 Å². The molecule has 2 fully saturated rings. The number of unbranched alkanes of at least 4 members (excludes halogenated alkanes) is 1. The van der Waals surface area contributed by atoms with E-state index < -0.39 is 0 Å². The number of nitrogens with one attached hydrogen (secondary N) is 2. The first kappa shape index (κ1) is 16.6. The summed E-state index contributed by atoms with van der Waals surface area (Å²) in [4.78, 5) is 9.42. The number of likely N-dealkylation sites (N-methyl/N-ethyl adjacent to an activating group) is 1. The lowest BCUT2D eigenvalue weighted by Gasteiger charge is -2.34. The Hall–Kier alpha value is -0.810. The van der Waals surface area contributed by atoms with Crippen molar-refractivity contribution in [2.24, 2.45) is 10.9 Å². The summed E-state index contributed by atoms with van der Waals surface area (Å²) in [5, 5.41) is 6.89. The van der Waals surface area contributed by atoms with Gasteiger partial charge in [0.2, 0.25) is 0 Å². The highest BCUT2D eigenvalue weighted by Gasteiger charge is 2.33. The minimum atomic E-state index is 0.645. The number of aliphatic imine (C=N–C) groups is 1. The molecule has 5 nitrogen and oxygen atoms in total. The summed E-state index contributed by atoms with van der Waals surface area (Å²) in [6.45, 7) is 13.0. The summed E-state index contributed by atoms with van der Waals surface area (Å²) in [5.74, 6) is 1.78. The van der Waals surface area contributed by atoms with E-state index in [4.69, 9.17) is 0 Å². The van der Waals surface area contributed by atoms with E-state index in [1.807, 2.05) is 7.05 Å². The van der Waals surface area contributed by atoms with E-state index in [9.17, 15) is 0 Å². The van der Waals surface area contributed by atoms with Gasteiger partial charge in [-0.2, -0.15) is 0 Å². The van der Waals surface area contributed by atoms with Crippen LogP contribution in [0.4, 0.5) is 0 Å². The summed E-state index contributed by atoms with van der Waals surface area (Å²) in [6.07, 6.45) is 3.77. The van der Waals surface area contributed by atoms with Crippen LogP contribution in [-0.4, -0.2) is 74.7 Å². The second kappa shape index (κ2) is 8.59. The molecule has 2 rings (SSSR count). The minimum absolute atomic E-state index is 0.645. The van der Waals surface area contributed by atoms with Gasteiger partial charge in [0, 0.05) is 45.8 Å². The smallest absolute Gasteiger partial charge is 0.191 e. The van der Waals surface area contributed by atoms with Gasteiger partial charge in [-0.1, -0.05) is 13.8 Å². The Morgan fingerprint density at radius 1 is 1.14 bits per heavy atom. The van der Waals surface area contributed by atoms with Crippen LogP contribution in [0.5, 0.6) is 0 Å². The van der Waals surface area contributed by atoms with Gasteiger partial charge in [0.15, 0.2) is 5.96 Å². The molecule has 5 heteroatoms. The van der Waals surface area contributed by atoms with Crippen LogP contribution in [0.1, 0.15) is 33.1 Å². The normalized spacial score (nSPS) is 27.7. The molecule has 0 radical (unpaired) electrons. The number of nitrogens with zero attached hydrogens (tertiary/aromatic N) is 3. The van der Waals surface area contributed by atoms with Gasteiger partial charge in [-0.05, 0) is 38.3 Å². The molecule has 0 amide bonds. The van der Waals surface area contributed by atoms with Gasteiger partial charge in [0.1, 0.15) is 0 Å². The third kappa shape index (κ3) is 5.83. The number of hydrogen-bond acceptors (Lipinski definition) is 3. The van der Waals surface area contributed by atoms with Crippen LogP contribution < -0.4 is 10.6 Å². The van der Waals surface area contributed by atoms with Crippen molar-refractivity contribution in [3.05, 3.63) is 0 Å². The summed E-state index contributed by atoms with van der Waals surface area (Å²) >= 11 is 0. The first-order valence-electron chi connectivity index (χ1n) is 8.64. The SMILES string of the molecule is CCN1CCN(CCCCNC(=NC)NC2CC2C)CC1. The van der Waals surface area contributed by atoms with Crippen molar-refractivity contribution in [3.63, 3.8) is 0 Å². The quantitative estimate of drug-likeness (QED) is 0.417. The zero-order valence-electron chi connectivity index (χ0n) is 14.1. The molecule has 1 heterocycles. The van der Waals surface area contributed by atoms with Crippen molar-refractivity contribution in [2.45, 2.75) is 39.2 Å². The predicted octanol–water partition coefficient (Wildman–Crippen LogP) is 0.978. The maximum absolute atomic E-state index is 4.29. The Labute approximate surface area is 130 Å². The topological polar surface area (TPSA) is 42.9 Å². The molecular weight excluding hydrogens is 262 g/mol. The van der Waals surface area contributed by atoms with Crippen molar-refractivity contribution in [3.8, 4) is 0 Å². The molecule has 2 N–H and O–H groups in total. The Kier molecular flexibility index (Phi) is 6.77. The summed E-state index contributed by atoms with van der Waals surface area (Å²) in [5.41, 5.74) is 0. The third-order valence-electron chi connectivity index (χ3n) is 4.76. The minimum Gasteiger partial charge on any atom is -0.356 e. The second-order valence-corrected chi connectivity index (χ2v) is 6.45. The van der Waals surface area contributed by atoms with Crippen molar-refractivity contribution in [2.75, 3.05) is 52.9 Å². The zero-order valence-corrected chi connectivity index (χ0v) is 14.1. The van der Waals surface area contributed by atoms with Gasteiger partial charge in [0.05, 0.1) is 0 Å². The van der Waals surface area contributed by atoms with Gasteiger partial charge < -0.3 is 20.4 Å². The Balaban J connectivity index is 1.48. The van der Waals surface area contributed by atoms with Gasteiger partial charge >= 0.3 is 0 Å².